The van der Waals surface area contributed by atoms with Gasteiger partial charge in [0.05, 0.1) is 6.10 Å². The average molecular weight is 244 g/mol. The van der Waals surface area contributed by atoms with E-state index in [2.05, 4.69) is 0 Å². The van der Waals surface area contributed by atoms with E-state index in [1.54, 1.807) is 24.3 Å². The molecule has 0 saturated heterocycles. The van der Waals surface area contributed by atoms with Gasteiger partial charge in [-0.3, -0.25) is 0 Å². The van der Waals surface area contributed by atoms with E-state index in [0.29, 0.717) is 5.56 Å². The van der Waals surface area contributed by atoms with Gasteiger partial charge in [0, 0.05) is 0 Å². The van der Waals surface area contributed by atoms with E-state index in [1.807, 2.05) is 19.9 Å². The topological polar surface area (TPSA) is 29.5 Å². The van der Waals surface area contributed by atoms with Crippen molar-refractivity contribution in [1.29, 1.82) is 0 Å². The molecule has 1 aromatic rings. The number of benzene rings is 1. The Morgan fingerprint density at radius 3 is 2.24 bits per heavy atom. The van der Waals surface area contributed by atoms with Crippen molar-refractivity contribution in [2.75, 3.05) is 6.61 Å². The van der Waals surface area contributed by atoms with Gasteiger partial charge in [-0.1, -0.05) is 44.2 Å². The van der Waals surface area contributed by atoms with E-state index in [-0.39, 0.29) is 5.92 Å². The fourth-order valence-electron chi connectivity index (χ4n) is 1.67. The second-order valence-electron chi connectivity index (χ2n) is 4.29. The number of rotatable bonds is 6. The summed E-state index contributed by atoms with van der Waals surface area (Å²) in [5, 5.41) is 10.1. The van der Waals surface area contributed by atoms with E-state index in [0.717, 1.165) is 0 Å². The number of aliphatic hydroxyl groups excluding tert-OH is 1. The van der Waals surface area contributed by atoms with Gasteiger partial charge in [0.25, 0.3) is 6.43 Å². The SMILES string of the molecule is CC(C)C(OCC(F)F)C(O)c1ccccc1. The summed E-state index contributed by atoms with van der Waals surface area (Å²) in [5.41, 5.74) is 0.681. The van der Waals surface area contributed by atoms with Gasteiger partial charge in [0.1, 0.15) is 12.7 Å². The minimum atomic E-state index is -2.51. The zero-order valence-corrected chi connectivity index (χ0v) is 10.0. The highest BCUT2D eigenvalue weighted by Crippen LogP contribution is 2.24. The maximum absolute atomic E-state index is 12.1. The van der Waals surface area contributed by atoms with Crippen molar-refractivity contribution in [3.63, 3.8) is 0 Å². The Morgan fingerprint density at radius 1 is 1.18 bits per heavy atom. The first-order valence-electron chi connectivity index (χ1n) is 5.65. The fraction of sp³-hybridized carbons (Fsp3) is 0.538. The summed E-state index contributed by atoms with van der Waals surface area (Å²) in [6, 6.07) is 8.93. The third-order valence-electron chi connectivity index (χ3n) is 2.52. The maximum Gasteiger partial charge on any atom is 0.261 e. The van der Waals surface area contributed by atoms with Crippen LogP contribution in [0.25, 0.3) is 0 Å². The maximum atomic E-state index is 12.1. The predicted octanol–water partition coefficient (Wildman–Crippen LogP) is 3.03. The molecule has 96 valence electrons. The minimum absolute atomic E-state index is 0.0380. The minimum Gasteiger partial charge on any atom is -0.386 e. The summed E-state index contributed by atoms with van der Waals surface area (Å²) >= 11 is 0. The summed E-state index contributed by atoms with van der Waals surface area (Å²) in [5.74, 6) is -0.0380. The Bertz CT molecular complexity index is 314. The number of hydrogen-bond acceptors (Lipinski definition) is 2. The van der Waals surface area contributed by atoms with Crippen LogP contribution in [0.1, 0.15) is 25.5 Å². The van der Waals surface area contributed by atoms with Crippen LogP contribution in [0.3, 0.4) is 0 Å². The first-order valence-corrected chi connectivity index (χ1v) is 5.65. The molecule has 4 heteroatoms. The summed E-state index contributed by atoms with van der Waals surface area (Å²) < 4.78 is 29.3. The van der Waals surface area contributed by atoms with Crippen molar-refractivity contribution in [2.45, 2.75) is 32.5 Å². The second-order valence-corrected chi connectivity index (χ2v) is 4.29. The molecule has 0 spiro atoms. The Hall–Kier alpha value is -1.00. The van der Waals surface area contributed by atoms with Crippen LogP contribution >= 0.6 is 0 Å². The quantitative estimate of drug-likeness (QED) is 0.833. The van der Waals surface area contributed by atoms with E-state index in [1.165, 1.54) is 0 Å². The van der Waals surface area contributed by atoms with E-state index in [4.69, 9.17) is 4.74 Å². The van der Waals surface area contributed by atoms with Gasteiger partial charge in [0.2, 0.25) is 0 Å². The molecule has 0 bridgehead atoms. The van der Waals surface area contributed by atoms with Crippen LogP contribution in [0.5, 0.6) is 0 Å². The van der Waals surface area contributed by atoms with Crippen molar-refractivity contribution in [3.8, 4) is 0 Å². The van der Waals surface area contributed by atoms with E-state index >= 15 is 0 Å². The molecule has 0 aliphatic heterocycles. The van der Waals surface area contributed by atoms with Crippen molar-refractivity contribution >= 4 is 0 Å². The normalized spacial score (nSPS) is 15.2. The third-order valence-corrected chi connectivity index (χ3v) is 2.52. The van der Waals surface area contributed by atoms with Gasteiger partial charge in [-0.15, -0.1) is 0 Å². The zero-order chi connectivity index (χ0) is 12.8. The lowest BCUT2D eigenvalue weighted by atomic mass is 9.96. The van der Waals surface area contributed by atoms with Gasteiger partial charge in [-0.2, -0.15) is 0 Å². The van der Waals surface area contributed by atoms with E-state index < -0.39 is 25.2 Å². The molecule has 0 saturated carbocycles. The lowest BCUT2D eigenvalue weighted by Crippen LogP contribution is -2.29. The molecule has 17 heavy (non-hydrogen) atoms. The highest BCUT2D eigenvalue weighted by atomic mass is 19.3. The Kier molecular flexibility index (Phi) is 5.51. The molecule has 2 nitrogen and oxygen atoms in total. The zero-order valence-electron chi connectivity index (χ0n) is 10.0. The summed E-state index contributed by atoms with van der Waals surface area (Å²) in [6.07, 6.45) is -4.01. The average Bonchev–Trinajstić information content (AvgIpc) is 2.29. The number of ether oxygens (including phenoxy) is 1. The molecule has 1 rings (SSSR count). The molecular weight excluding hydrogens is 226 g/mol. The fourth-order valence-corrected chi connectivity index (χ4v) is 1.67. The Morgan fingerprint density at radius 2 is 1.76 bits per heavy atom. The Balaban J connectivity index is 2.70. The molecule has 0 aliphatic rings. The summed E-state index contributed by atoms with van der Waals surface area (Å²) in [7, 11) is 0. The molecule has 0 radical (unpaired) electrons. The van der Waals surface area contributed by atoms with E-state index in [9.17, 15) is 13.9 Å². The number of alkyl halides is 2. The largest absolute Gasteiger partial charge is 0.386 e. The van der Waals surface area contributed by atoms with Crippen LogP contribution in [0.4, 0.5) is 8.78 Å². The molecule has 0 amide bonds. The van der Waals surface area contributed by atoms with Gasteiger partial charge in [-0.25, -0.2) is 8.78 Å². The summed E-state index contributed by atoms with van der Waals surface area (Å²) in [4.78, 5) is 0. The van der Waals surface area contributed by atoms with Gasteiger partial charge in [0.15, 0.2) is 0 Å². The van der Waals surface area contributed by atoms with Crippen LogP contribution in [0.2, 0.25) is 0 Å². The Labute approximate surface area is 100 Å². The van der Waals surface area contributed by atoms with Crippen LogP contribution in [0, 0.1) is 5.92 Å². The van der Waals surface area contributed by atoms with Crippen molar-refractivity contribution in [2.24, 2.45) is 5.92 Å². The molecule has 1 aromatic carbocycles. The molecule has 1 N–H and O–H groups in total. The number of hydrogen-bond donors (Lipinski definition) is 1. The third kappa shape index (κ3) is 4.40. The highest BCUT2D eigenvalue weighted by molar-refractivity contribution is 5.18. The van der Waals surface area contributed by atoms with Crippen LogP contribution in [-0.4, -0.2) is 24.2 Å². The van der Waals surface area contributed by atoms with Gasteiger partial charge < -0.3 is 9.84 Å². The molecule has 0 aliphatic carbocycles. The van der Waals surface area contributed by atoms with Gasteiger partial charge >= 0.3 is 0 Å². The molecule has 2 atom stereocenters. The van der Waals surface area contributed by atoms with Crippen molar-refractivity contribution in [3.05, 3.63) is 35.9 Å². The lowest BCUT2D eigenvalue weighted by Gasteiger charge is -2.26. The van der Waals surface area contributed by atoms with Crippen molar-refractivity contribution < 1.29 is 18.6 Å². The molecule has 2 unspecified atom stereocenters. The standard InChI is InChI=1S/C13H18F2O2/c1-9(2)13(17-8-11(14)15)12(16)10-6-4-3-5-7-10/h3-7,9,11-13,16H,8H2,1-2H3. The number of halogens is 2. The van der Waals surface area contributed by atoms with Crippen LogP contribution in [0.15, 0.2) is 30.3 Å². The number of aliphatic hydroxyl groups is 1. The molecule has 0 heterocycles. The monoisotopic (exact) mass is 244 g/mol. The van der Waals surface area contributed by atoms with Crippen LogP contribution in [-0.2, 0) is 4.74 Å². The van der Waals surface area contributed by atoms with Gasteiger partial charge in [-0.05, 0) is 11.5 Å². The first-order chi connectivity index (χ1) is 8.02. The summed E-state index contributed by atoms with van der Waals surface area (Å²) in [6.45, 7) is 3.03. The lowest BCUT2D eigenvalue weighted by molar-refractivity contribution is -0.0946. The highest BCUT2D eigenvalue weighted by Gasteiger charge is 2.25. The second kappa shape index (κ2) is 6.67. The van der Waals surface area contributed by atoms with Crippen LogP contribution < -0.4 is 0 Å². The van der Waals surface area contributed by atoms with Crippen molar-refractivity contribution in [1.82, 2.24) is 0 Å². The molecular formula is C13H18F2O2. The molecule has 0 aromatic heterocycles. The predicted molar refractivity (Wildman–Crippen MR) is 62.0 cm³/mol. The smallest absolute Gasteiger partial charge is 0.261 e. The molecule has 0 fully saturated rings. The first kappa shape index (κ1) is 14.1.